The molecule has 0 radical (unpaired) electrons. The molecule has 1 aromatic rings. The molecule has 30 heavy (non-hydrogen) atoms. The zero-order valence-corrected chi connectivity index (χ0v) is 20.7. The molecule has 2 aliphatic heterocycles. The predicted octanol–water partition coefficient (Wildman–Crippen LogP) is 3.41. The number of carbonyl (C=O) groups is 1. The van der Waals surface area contributed by atoms with E-state index in [-0.39, 0.29) is 29.9 Å². The van der Waals surface area contributed by atoms with Crippen LogP contribution in [0.5, 0.6) is 0 Å². The van der Waals surface area contributed by atoms with Crippen molar-refractivity contribution in [1.82, 2.24) is 15.5 Å². The number of hydrogen-bond acceptors (Lipinski definition) is 3. The van der Waals surface area contributed by atoms with Gasteiger partial charge in [0.25, 0.3) is 0 Å². The minimum atomic E-state index is 0. The number of benzene rings is 1. The number of halogens is 1. The van der Waals surface area contributed by atoms with Crippen LogP contribution in [0.2, 0.25) is 0 Å². The van der Waals surface area contributed by atoms with Crippen molar-refractivity contribution in [3.63, 3.8) is 0 Å². The van der Waals surface area contributed by atoms with Crippen molar-refractivity contribution < 1.29 is 4.79 Å². The van der Waals surface area contributed by atoms with Crippen LogP contribution in [0.4, 0.5) is 5.69 Å². The first-order valence-electron chi connectivity index (χ1n) is 11.3. The molecule has 168 valence electrons. The van der Waals surface area contributed by atoms with Gasteiger partial charge in [0.2, 0.25) is 5.91 Å². The molecule has 2 N–H and O–H groups in total. The minimum Gasteiger partial charge on any atom is -0.356 e. The number of guanidine groups is 1. The van der Waals surface area contributed by atoms with Gasteiger partial charge in [0, 0.05) is 38.8 Å². The number of nitrogens with one attached hydrogen (secondary N) is 2. The molecule has 0 atom stereocenters. The van der Waals surface area contributed by atoms with E-state index in [1.807, 2.05) is 17.0 Å². The summed E-state index contributed by atoms with van der Waals surface area (Å²) in [6.45, 7) is 6.17. The quantitative estimate of drug-likeness (QED) is 0.236. The maximum atomic E-state index is 12.6. The van der Waals surface area contributed by atoms with Gasteiger partial charge in [0.05, 0.1) is 0 Å². The van der Waals surface area contributed by atoms with Crippen molar-refractivity contribution in [2.75, 3.05) is 51.2 Å². The summed E-state index contributed by atoms with van der Waals surface area (Å²) < 4.78 is 0. The predicted molar refractivity (Wildman–Crippen MR) is 136 cm³/mol. The highest BCUT2D eigenvalue weighted by molar-refractivity contribution is 14.0. The minimum absolute atomic E-state index is 0. The Bertz CT molecular complexity index is 673. The SMILES string of the molecule is CN=C(NCCCC(=O)N1CCc2ccccc21)NCCCN1CCCCCC1.I. The van der Waals surface area contributed by atoms with Gasteiger partial charge in [0.15, 0.2) is 5.96 Å². The second-order valence-corrected chi connectivity index (χ2v) is 8.06. The van der Waals surface area contributed by atoms with Crippen LogP contribution in [0.1, 0.15) is 50.5 Å². The smallest absolute Gasteiger partial charge is 0.227 e. The molecule has 1 aromatic carbocycles. The maximum absolute atomic E-state index is 12.6. The largest absolute Gasteiger partial charge is 0.356 e. The number of fused-ring (bicyclic) bond motifs is 1. The Balaban J connectivity index is 0.00000320. The van der Waals surface area contributed by atoms with Gasteiger partial charge in [-0.25, -0.2) is 0 Å². The molecule has 3 rings (SSSR count). The molecule has 7 heteroatoms. The molecule has 0 aliphatic carbocycles. The van der Waals surface area contributed by atoms with Crippen LogP contribution in [0.25, 0.3) is 0 Å². The van der Waals surface area contributed by atoms with Gasteiger partial charge >= 0.3 is 0 Å². The summed E-state index contributed by atoms with van der Waals surface area (Å²) >= 11 is 0. The lowest BCUT2D eigenvalue weighted by molar-refractivity contribution is -0.118. The summed E-state index contributed by atoms with van der Waals surface area (Å²) in [4.78, 5) is 21.4. The Morgan fingerprint density at radius 3 is 2.43 bits per heavy atom. The molecule has 1 amide bonds. The Morgan fingerprint density at radius 2 is 1.70 bits per heavy atom. The van der Waals surface area contributed by atoms with Gasteiger partial charge in [-0.15, -0.1) is 24.0 Å². The molecule has 2 heterocycles. The molecule has 2 aliphatic rings. The second-order valence-electron chi connectivity index (χ2n) is 8.06. The number of amides is 1. The summed E-state index contributed by atoms with van der Waals surface area (Å²) in [5.74, 6) is 1.05. The summed E-state index contributed by atoms with van der Waals surface area (Å²) in [5, 5.41) is 6.74. The summed E-state index contributed by atoms with van der Waals surface area (Å²) in [7, 11) is 1.80. The topological polar surface area (TPSA) is 60.0 Å². The van der Waals surface area contributed by atoms with E-state index in [2.05, 4.69) is 32.7 Å². The van der Waals surface area contributed by atoms with E-state index in [0.29, 0.717) is 6.42 Å². The normalized spacial score (nSPS) is 17.1. The molecule has 0 spiro atoms. The molecule has 6 nitrogen and oxygen atoms in total. The monoisotopic (exact) mass is 527 g/mol. The van der Waals surface area contributed by atoms with Crippen molar-refractivity contribution >= 4 is 41.5 Å². The number of hydrogen-bond donors (Lipinski definition) is 2. The number of rotatable bonds is 8. The third kappa shape index (κ3) is 7.72. The van der Waals surface area contributed by atoms with Crippen LogP contribution in [0.15, 0.2) is 29.3 Å². The molecular formula is C23H38IN5O. The average Bonchev–Trinajstić information content (AvgIpc) is 3.01. The van der Waals surface area contributed by atoms with Crippen LogP contribution in [-0.4, -0.2) is 63.1 Å². The fourth-order valence-corrected chi connectivity index (χ4v) is 4.27. The van der Waals surface area contributed by atoms with Crippen LogP contribution in [0.3, 0.4) is 0 Å². The van der Waals surface area contributed by atoms with Crippen LogP contribution in [0, 0.1) is 0 Å². The number of anilines is 1. The van der Waals surface area contributed by atoms with Gasteiger partial charge in [-0.1, -0.05) is 31.0 Å². The highest BCUT2D eigenvalue weighted by Gasteiger charge is 2.23. The number of aliphatic imine (C=N–C) groups is 1. The van der Waals surface area contributed by atoms with E-state index in [1.54, 1.807) is 7.05 Å². The van der Waals surface area contributed by atoms with Crippen LogP contribution < -0.4 is 15.5 Å². The Hall–Kier alpha value is -1.35. The van der Waals surface area contributed by atoms with Gasteiger partial charge in [0.1, 0.15) is 0 Å². The fourth-order valence-electron chi connectivity index (χ4n) is 4.27. The lowest BCUT2D eigenvalue weighted by atomic mass is 10.2. The third-order valence-corrected chi connectivity index (χ3v) is 5.91. The van der Waals surface area contributed by atoms with Crippen LogP contribution >= 0.6 is 24.0 Å². The van der Waals surface area contributed by atoms with Crippen molar-refractivity contribution in [1.29, 1.82) is 0 Å². The molecule has 1 fully saturated rings. The van der Waals surface area contributed by atoms with Gasteiger partial charge in [-0.3, -0.25) is 9.79 Å². The Labute approximate surface area is 198 Å². The molecular weight excluding hydrogens is 489 g/mol. The standard InChI is InChI=1S/C23H37N5O.HI/c1-24-23(26-15-9-18-27-16-6-2-3-7-17-27)25-14-8-12-22(29)28-19-13-20-10-4-5-11-21(20)28;/h4-5,10-11H,2-3,6-9,12-19H2,1H3,(H2,24,25,26);1H. The van der Waals surface area contributed by atoms with Gasteiger partial charge in [-0.2, -0.15) is 0 Å². The van der Waals surface area contributed by atoms with E-state index in [0.717, 1.165) is 57.1 Å². The number of carbonyl (C=O) groups excluding carboxylic acids is 1. The van der Waals surface area contributed by atoms with Gasteiger partial charge in [-0.05, 0) is 63.4 Å². The van der Waals surface area contributed by atoms with Crippen molar-refractivity contribution in [2.45, 2.75) is 51.4 Å². The molecule has 1 saturated heterocycles. The van der Waals surface area contributed by atoms with Crippen molar-refractivity contribution in [2.24, 2.45) is 4.99 Å². The van der Waals surface area contributed by atoms with E-state index >= 15 is 0 Å². The fraction of sp³-hybridized carbons (Fsp3) is 0.652. The van der Waals surface area contributed by atoms with E-state index in [1.165, 1.54) is 44.3 Å². The van der Waals surface area contributed by atoms with Crippen molar-refractivity contribution in [3.05, 3.63) is 29.8 Å². The first kappa shape index (κ1) is 24.9. The second kappa shape index (κ2) is 13.9. The number of para-hydroxylation sites is 1. The first-order chi connectivity index (χ1) is 14.3. The zero-order chi connectivity index (χ0) is 20.3. The lowest BCUT2D eigenvalue weighted by Crippen LogP contribution is -2.39. The van der Waals surface area contributed by atoms with Crippen LogP contribution in [-0.2, 0) is 11.2 Å². The highest BCUT2D eigenvalue weighted by Crippen LogP contribution is 2.27. The van der Waals surface area contributed by atoms with E-state index in [9.17, 15) is 4.79 Å². The van der Waals surface area contributed by atoms with Crippen molar-refractivity contribution in [3.8, 4) is 0 Å². The Morgan fingerprint density at radius 1 is 1.00 bits per heavy atom. The molecule has 0 bridgehead atoms. The Kier molecular flexibility index (Phi) is 11.5. The van der Waals surface area contributed by atoms with Gasteiger partial charge < -0.3 is 20.4 Å². The molecule has 0 unspecified atom stereocenters. The highest BCUT2D eigenvalue weighted by atomic mass is 127. The number of nitrogens with zero attached hydrogens (tertiary/aromatic N) is 3. The summed E-state index contributed by atoms with van der Waals surface area (Å²) in [6, 6.07) is 8.22. The van der Waals surface area contributed by atoms with E-state index in [4.69, 9.17) is 0 Å². The van der Waals surface area contributed by atoms with E-state index < -0.39 is 0 Å². The summed E-state index contributed by atoms with van der Waals surface area (Å²) in [5.41, 5.74) is 2.37. The average molecular weight is 527 g/mol. The maximum Gasteiger partial charge on any atom is 0.227 e. The zero-order valence-electron chi connectivity index (χ0n) is 18.4. The summed E-state index contributed by atoms with van der Waals surface area (Å²) in [6.07, 6.45) is 8.94. The number of likely N-dealkylation sites (tertiary alicyclic amines) is 1. The first-order valence-corrected chi connectivity index (χ1v) is 11.3. The third-order valence-electron chi connectivity index (χ3n) is 5.91. The molecule has 0 aromatic heterocycles. The lowest BCUT2D eigenvalue weighted by Gasteiger charge is -2.20. The molecule has 0 saturated carbocycles.